The predicted octanol–water partition coefficient (Wildman–Crippen LogP) is 3.48. The summed E-state index contributed by atoms with van der Waals surface area (Å²) in [5, 5.41) is 25.8. The Labute approximate surface area is 153 Å². The van der Waals surface area contributed by atoms with Crippen molar-refractivity contribution in [2.45, 2.75) is 0 Å². The summed E-state index contributed by atoms with van der Waals surface area (Å²) in [4.78, 5) is 21.8. The molecule has 2 aromatic carbocycles. The zero-order chi connectivity index (χ0) is 18.4. The van der Waals surface area contributed by atoms with Gasteiger partial charge in [-0.2, -0.15) is 0 Å². The lowest BCUT2D eigenvalue weighted by Crippen LogP contribution is -2.32. The molecule has 2 aromatic rings. The number of anilines is 1. The summed E-state index contributed by atoms with van der Waals surface area (Å²) in [6.45, 7) is 0. The van der Waals surface area contributed by atoms with E-state index in [9.17, 15) is 20.0 Å². The van der Waals surface area contributed by atoms with Crippen molar-refractivity contribution in [3.63, 3.8) is 0 Å². The van der Waals surface area contributed by atoms with Gasteiger partial charge in [-0.15, -0.1) is 0 Å². The third-order valence-corrected chi connectivity index (χ3v) is 3.54. The molecule has 0 saturated heterocycles. The van der Waals surface area contributed by atoms with Gasteiger partial charge < -0.3 is 10.4 Å². The molecule has 0 aliphatic rings. The number of nitro groups is 1. The minimum atomic E-state index is -0.636. The highest BCUT2D eigenvalue weighted by Gasteiger charge is 2.11. The molecular weight excluding hydrogens is 366 g/mol. The van der Waals surface area contributed by atoms with Crippen LogP contribution in [0.4, 0.5) is 11.4 Å². The molecule has 128 valence electrons. The van der Waals surface area contributed by atoms with Crippen LogP contribution in [-0.2, 0) is 4.79 Å². The second-order valence-electron chi connectivity index (χ2n) is 4.76. The number of phenolic OH excluding ortho intramolecular Hbond substituents is 1. The smallest absolute Gasteiger partial charge is 0.273 e. The molecule has 0 unspecified atom stereocenters. The van der Waals surface area contributed by atoms with E-state index in [4.69, 9.17) is 23.8 Å². The first-order chi connectivity index (χ1) is 11.9. The fraction of sp³-hybridized carbons (Fsp3) is 0. The summed E-state index contributed by atoms with van der Waals surface area (Å²) >= 11 is 10.9. The Morgan fingerprint density at radius 2 is 2.00 bits per heavy atom. The van der Waals surface area contributed by atoms with E-state index in [1.54, 1.807) is 24.3 Å². The number of phenols is 1. The van der Waals surface area contributed by atoms with Crippen molar-refractivity contribution in [2.24, 2.45) is 0 Å². The van der Waals surface area contributed by atoms with Gasteiger partial charge in [0.05, 0.1) is 16.7 Å². The number of carbonyl (C=O) groups excluding carboxylic acids is 1. The lowest BCUT2D eigenvalue weighted by molar-refractivity contribution is -0.384. The Kier molecular flexibility index (Phi) is 6.04. The van der Waals surface area contributed by atoms with Crippen LogP contribution in [0.15, 0.2) is 48.5 Å². The number of hydrogen-bond donors (Lipinski definition) is 3. The number of halogens is 1. The zero-order valence-corrected chi connectivity index (χ0v) is 14.2. The second kappa shape index (κ2) is 8.22. The predicted molar refractivity (Wildman–Crippen MR) is 99.6 cm³/mol. The highest BCUT2D eigenvalue weighted by atomic mass is 35.5. The number of rotatable bonds is 4. The SMILES string of the molecule is O=C(/C=C/c1ccccc1Cl)NC(=S)Nc1ccc([N+](=O)[O-])cc1O. The van der Waals surface area contributed by atoms with Crippen molar-refractivity contribution in [3.05, 3.63) is 69.2 Å². The monoisotopic (exact) mass is 377 g/mol. The molecule has 25 heavy (non-hydrogen) atoms. The van der Waals surface area contributed by atoms with Gasteiger partial charge in [-0.25, -0.2) is 0 Å². The van der Waals surface area contributed by atoms with Crippen LogP contribution < -0.4 is 10.6 Å². The molecule has 0 spiro atoms. The number of nitrogens with one attached hydrogen (secondary N) is 2. The van der Waals surface area contributed by atoms with Crippen molar-refractivity contribution in [3.8, 4) is 5.75 Å². The Balaban J connectivity index is 1.97. The normalized spacial score (nSPS) is 10.4. The molecule has 0 fully saturated rings. The van der Waals surface area contributed by atoms with Crippen LogP contribution in [0.2, 0.25) is 5.02 Å². The van der Waals surface area contributed by atoms with E-state index < -0.39 is 10.8 Å². The van der Waals surface area contributed by atoms with E-state index in [0.29, 0.717) is 10.6 Å². The van der Waals surface area contributed by atoms with Gasteiger partial charge in [0.2, 0.25) is 5.91 Å². The lowest BCUT2D eigenvalue weighted by Gasteiger charge is -2.09. The molecule has 1 amide bonds. The molecule has 0 bridgehead atoms. The molecule has 3 N–H and O–H groups in total. The van der Waals surface area contributed by atoms with Crippen molar-refractivity contribution < 1.29 is 14.8 Å². The number of amides is 1. The van der Waals surface area contributed by atoms with Gasteiger partial charge in [0.15, 0.2) is 5.11 Å². The van der Waals surface area contributed by atoms with E-state index in [-0.39, 0.29) is 22.2 Å². The zero-order valence-electron chi connectivity index (χ0n) is 12.6. The molecule has 0 aliphatic carbocycles. The van der Waals surface area contributed by atoms with Crippen molar-refractivity contribution >= 4 is 52.3 Å². The van der Waals surface area contributed by atoms with Crippen molar-refractivity contribution in [1.82, 2.24) is 5.32 Å². The van der Waals surface area contributed by atoms with Gasteiger partial charge >= 0.3 is 0 Å². The number of non-ortho nitro benzene ring substituents is 1. The highest BCUT2D eigenvalue weighted by Crippen LogP contribution is 2.27. The summed E-state index contributed by atoms with van der Waals surface area (Å²) in [5.41, 5.74) is 0.540. The van der Waals surface area contributed by atoms with Gasteiger partial charge in [0, 0.05) is 17.2 Å². The number of aromatic hydroxyl groups is 1. The third kappa shape index (κ3) is 5.27. The van der Waals surface area contributed by atoms with Gasteiger partial charge in [0.1, 0.15) is 5.75 Å². The lowest BCUT2D eigenvalue weighted by atomic mass is 10.2. The molecule has 0 aliphatic heterocycles. The minimum absolute atomic E-state index is 0.0713. The maximum atomic E-state index is 11.8. The molecule has 2 rings (SSSR count). The average Bonchev–Trinajstić information content (AvgIpc) is 2.55. The third-order valence-electron chi connectivity index (χ3n) is 3.00. The summed E-state index contributed by atoms with van der Waals surface area (Å²) < 4.78 is 0. The topological polar surface area (TPSA) is 104 Å². The van der Waals surface area contributed by atoms with Gasteiger partial charge in [-0.1, -0.05) is 29.8 Å². The first kappa shape index (κ1) is 18.4. The van der Waals surface area contributed by atoms with Crippen LogP contribution in [-0.4, -0.2) is 21.0 Å². The molecular formula is C16H12ClN3O4S. The maximum absolute atomic E-state index is 11.8. The molecule has 0 saturated carbocycles. The van der Waals surface area contributed by atoms with E-state index >= 15 is 0 Å². The fourth-order valence-electron chi connectivity index (χ4n) is 1.82. The van der Waals surface area contributed by atoms with Gasteiger partial charge in [0.25, 0.3) is 5.69 Å². The molecule has 9 heteroatoms. The van der Waals surface area contributed by atoms with Crippen molar-refractivity contribution in [2.75, 3.05) is 5.32 Å². The van der Waals surface area contributed by atoms with Crippen LogP contribution in [0.5, 0.6) is 5.75 Å². The van der Waals surface area contributed by atoms with Crippen LogP contribution in [0.3, 0.4) is 0 Å². The first-order valence-corrected chi connectivity index (χ1v) is 7.67. The Bertz CT molecular complexity index is 870. The number of benzene rings is 2. The standard InChI is InChI=1S/C16H12ClN3O4S/c17-12-4-2-1-3-10(12)5-8-15(22)19-16(25)18-13-7-6-11(20(23)24)9-14(13)21/h1-9,21H,(H2,18,19,22,25)/b8-5+. The largest absolute Gasteiger partial charge is 0.506 e. The second-order valence-corrected chi connectivity index (χ2v) is 5.57. The molecule has 0 aromatic heterocycles. The Morgan fingerprint density at radius 1 is 1.28 bits per heavy atom. The van der Waals surface area contributed by atoms with E-state index in [1.807, 2.05) is 0 Å². The summed E-state index contributed by atoms with van der Waals surface area (Å²) in [5.74, 6) is -0.865. The molecule has 0 atom stereocenters. The quantitative estimate of drug-likeness (QED) is 0.248. The van der Waals surface area contributed by atoms with Crippen molar-refractivity contribution in [1.29, 1.82) is 0 Å². The number of hydrogen-bond acceptors (Lipinski definition) is 5. The van der Waals surface area contributed by atoms with E-state index in [0.717, 1.165) is 6.07 Å². The average molecular weight is 378 g/mol. The first-order valence-electron chi connectivity index (χ1n) is 6.89. The number of nitro benzene ring substituents is 1. The maximum Gasteiger partial charge on any atom is 0.273 e. The summed E-state index contributed by atoms with van der Waals surface area (Å²) in [7, 11) is 0. The van der Waals surface area contributed by atoms with E-state index in [1.165, 1.54) is 24.3 Å². The molecule has 0 heterocycles. The molecule has 0 radical (unpaired) electrons. The summed E-state index contributed by atoms with van der Waals surface area (Å²) in [6.07, 6.45) is 2.79. The number of nitrogens with zero attached hydrogens (tertiary/aromatic N) is 1. The van der Waals surface area contributed by atoms with Gasteiger partial charge in [-0.05, 0) is 36.0 Å². The summed E-state index contributed by atoms with van der Waals surface area (Å²) in [6, 6.07) is 10.5. The number of thiocarbonyl (C=S) groups is 1. The van der Waals surface area contributed by atoms with Crippen LogP contribution in [0.25, 0.3) is 6.08 Å². The van der Waals surface area contributed by atoms with Crippen LogP contribution in [0.1, 0.15) is 5.56 Å². The van der Waals surface area contributed by atoms with Crippen LogP contribution in [0, 0.1) is 10.1 Å². The Morgan fingerprint density at radius 3 is 2.64 bits per heavy atom. The van der Waals surface area contributed by atoms with Gasteiger partial charge in [-0.3, -0.25) is 20.2 Å². The Hall–Kier alpha value is -2.97. The van der Waals surface area contributed by atoms with Crippen LogP contribution >= 0.6 is 23.8 Å². The van der Waals surface area contributed by atoms with E-state index in [2.05, 4.69) is 10.6 Å². The highest BCUT2D eigenvalue weighted by molar-refractivity contribution is 7.80. The minimum Gasteiger partial charge on any atom is -0.506 e. The fourth-order valence-corrected chi connectivity index (χ4v) is 2.23. The number of carbonyl (C=O) groups is 1. The molecule has 7 nitrogen and oxygen atoms in total.